The van der Waals surface area contributed by atoms with Gasteiger partial charge >= 0.3 is 0 Å². The Bertz CT molecular complexity index is 3250. The van der Waals surface area contributed by atoms with Crippen molar-refractivity contribution in [3.8, 4) is 44.8 Å². The Hall–Kier alpha value is -7.55. The summed E-state index contributed by atoms with van der Waals surface area (Å²) in [5.74, 6) is 0.596. The van der Waals surface area contributed by atoms with Crippen molar-refractivity contribution in [2.45, 2.75) is 25.7 Å². The lowest BCUT2D eigenvalue weighted by Crippen LogP contribution is -2.05. The van der Waals surface area contributed by atoms with E-state index in [0.29, 0.717) is 5.92 Å². The summed E-state index contributed by atoms with van der Waals surface area (Å²) in [6.07, 6.45) is 13.4. The molecular formula is C60H46N2. The molecule has 7 aromatic carbocycles. The highest BCUT2D eigenvalue weighted by Gasteiger charge is 2.23. The number of hydrogen-bond acceptors (Lipinski definition) is 1. The van der Waals surface area contributed by atoms with Crippen LogP contribution in [-0.2, 0) is 6.42 Å². The van der Waals surface area contributed by atoms with E-state index in [2.05, 4.69) is 224 Å². The van der Waals surface area contributed by atoms with Gasteiger partial charge in [0.1, 0.15) is 5.65 Å². The van der Waals surface area contributed by atoms with E-state index >= 15 is 0 Å². The molecule has 2 heterocycles. The second-order valence-corrected chi connectivity index (χ2v) is 16.9. The molecule has 9 aromatic rings. The molecule has 296 valence electrons. The van der Waals surface area contributed by atoms with Crippen molar-refractivity contribution < 1.29 is 0 Å². The molecular weight excluding hydrogens is 749 g/mol. The lowest BCUT2D eigenvalue weighted by molar-refractivity contribution is 0.721. The predicted molar refractivity (Wildman–Crippen MR) is 262 cm³/mol. The summed E-state index contributed by atoms with van der Waals surface area (Å²) in [5.41, 5.74) is 20.0. The van der Waals surface area contributed by atoms with Gasteiger partial charge in [-0.3, -0.25) is 4.40 Å². The third-order valence-corrected chi connectivity index (χ3v) is 12.8. The summed E-state index contributed by atoms with van der Waals surface area (Å²) in [7, 11) is 0. The quantitative estimate of drug-likeness (QED) is 0.147. The molecule has 2 atom stereocenters. The molecule has 0 amide bonds. The molecule has 2 aliphatic rings. The van der Waals surface area contributed by atoms with Crippen molar-refractivity contribution in [3.63, 3.8) is 0 Å². The summed E-state index contributed by atoms with van der Waals surface area (Å²) in [4.78, 5) is 5.25. The number of rotatable bonds is 7. The van der Waals surface area contributed by atoms with E-state index in [9.17, 15) is 0 Å². The van der Waals surface area contributed by atoms with Gasteiger partial charge in [-0.2, -0.15) is 0 Å². The van der Waals surface area contributed by atoms with Gasteiger partial charge in [0.05, 0.1) is 11.4 Å². The van der Waals surface area contributed by atoms with E-state index in [1.807, 2.05) is 0 Å². The molecule has 0 saturated heterocycles. The molecule has 0 bridgehead atoms. The van der Waals surface area contributed by atoms with E-state index in [-0.39, 0.29) is 5.92 Å². The first-order valence-corrected chi connectivity index (χ1v) is 21.8. The fourth-order valence-corrected chi connectivity index (χ4v) is 9.71. The standard InChI is InChI=1S/C60H46N2/c1-40-28-29-46-38-57(54-26-13-12-25-53(54)56(46)31-40)52-36-49(45-23-16-24-47(33-45)59-60(44-21-10-5-11-22-44)62-30-15-14-27-58(62)61-59)35-50(37-52)48-32-41(2)55(43-19-8-4-9-20-43)39-51(34-48)42-17-6-3-7-18-42/h3-30,33-40,55H,2,31-32H2,1H3. The number of imidazole rings is 1. The molecule has 0 saturated carbocycles. The molecule has 62 heavy (non-hydrogen) atoms. The van der Waals surface area contributed by atoms with Crippen LogP contribution in [-0.4, -0.2) is 9.38 Å². The summed E-state index contributed by atoms with van der Waals surface area (Å²) in [5, 5.41) is 2.63. The molecule has 0 aliphatic heterocycles. The molecule has 0 fully saturated rings. The van der Waals surface area contributed by atoms with Gasteiger partial charge in [-0.25, -0.2) is 4.98 Å². The van der Waals surface area contributed by atoms with Crippen molar-refractivity contribution in [1.29, 1.82) is 0 Å². The Balaban J connectivity index is 1.12. The molecule has 2 aromatic heterocycles. The first-order valence-electron chi connectivity index (χ1n) is 21.8. The number of pyridine rings is 1. The Labute approximate surface area is 364 Å². The van der Waals surface area contributed by atoms with Gasteiger partial charge in [-0.05, 0) is 133 Å². The minimum atomic E-state index is 0.0856. The van der Waals surface area contributed by atoms with Gasteiger partial charge in [-0.1, -0.05) is 183 Å². The van der Waals surface area contributed by atoms with Crippen LogP contribution in [0.3, 0.4) is 0 Å². The predicted octanol–water partition coefficient (Wildman–Crippen LogP) is 15.6. The maximum Gasteiger partial charge on any atom is 0.137 e. The summed E-state index contributed by atoms with van der Waals surface area (Å²) in [6, 6.07) is 66.1. The van der Waals surface area contributed by atoms with Gasteiger partial charge < -0.3 is 0 Å². The van der Waals surface area contributed by atoms with E-state index in [1.165, 1.54) is 66.4 Å². The van der Waals surface area contributed by atoms with Gasteiger partial charge in [0.15, 0.2) is 0 Å². The molecule has 0 spiro atoms. The molecule has 11 rings (SSSR count). The van der Waals surface area contributed by atoms with E-state index in [0.717, 1.165) is 52.1 Å². The Morgan fingerprint density at radius 1 is 0.581 bits per heavy atom. The molecule has 2 heteroatoms. The van der Waals surface area contributed by atoms with Crippen molar-refractivity contribution in [2.24, 2.45) is 5.92 Å². The summed E-state index contributed by atoms with van der Waals surface area (Å²) < 4.78 is 2.21. The zero-order valence-corrected chi connectivity index (χ0v) is 34.9. The van der Waals surface area contributed by atoms with Crippen LogP contribution < -0.4 is 0 Å². The maximum atomic E-state index is 5.25. The zero-order chi connectivity index (χ0) is 41.6. The van der Waals surface area contributed by atoms with Crippen LogP contribution in [0.25, 0.3) is 78.4 Å². The van der Waals surface area contributed by atoms with Crippen molar-refractivity contribution in [3.05, 3.63) is 246 Å². The first-order chi connectivity index (χ1) is 30.5. The van der Waals surface area contributed by atoms with Gasteiger partial charge in [0.25, 0.3) is 0 Å². The first kappa shape index (κ1) is 37.4. The maximum absolute atomic E-state index is 5.25. The lowest BCUT2D eigenvalue weighted by atomic mass is 9.82. The lowest BCUT2D eigenvalue weighted by Gasteiger charge is -2.22. The van der Waals surface area contributed by atoms with Crippen LogP contribution in [0.15, 0.2) is 219 Å². The zero-order valence-electron chi connectivity index (χ0n) is 34.9. The molecule has 0 N–H and O–H groups in total. The third-order valence-electron chi connectivity index (χ3n) is 12.8. The minimum absolute atomic E-state index is 0.0856. The average molecular weight is 795 g/mol. The highest BCUT2D eigenvalue weighted by atomic mass is 15.0. The number of allylic oxidation sites excluding steroid dienone is 6. The van der Waals surface area contributed by atoms with E-state index in [1.54, 1.807) is 0 Å². The number of fused-ring (bicyclic) bond motifs is 4. The van der Waals surface area contributed by atoms with Crippen LogP contribution >= 0.6 is 0 Å². The monoisotopic (exact) mass is 794 g/mol. The fourth-order valence-electron chi connectivity index (χ4n) is 9.71. The van der Waals surface area contributed by atoms with E-state index in [4.69, 9.17) is 11.6 Å². The smallest absolute Gasteiger partial charge is 0.137 e. The number of hydrogen-bond donors (Lipinski definition) is 0. The van der Waals surface area contributed by atoms with Crippen molar-refractivity contribution >= 4 is 33.6 Å². The molecule has 0 radical (unpaired) electrons. The highest BCUT2D eigenvalue weighted by molar-refractivity contribution is 6.02. The summed E-state index contributed by atoms with van der Waals surface area (Å²) >= 11 is 0. The molecule has 2 aliphatic carbocycles. The second kappa shape index (κ2) is 15.8. The highest BCUT2D eigenvalue weighted by Crippen LogP contribution is 2.44. The number of aromatic nitrogens is 2. The third kappa shape index (κ3) is 6.94. The minimum Gasteiger partial charge on any atom is -0.299 e. The van der Waals surface area contributed by atoms with E-state index < -0.39 is 0 Å². The van der Waals surface area contributed by atoms with Gasteiger partial charge in [0.2, 0.25) is 0 Å². The second-order valence-electron chi connectivity index (χ2n) is 16.9. The van der Waals surface area contributed by atoms with Crippen LogP contribution in [0.4, 0.5) is 0 Å². The molecule has 2 nitrogen and oxygen atoms in total. The van der Waals surface area contributed by atoms with Crippen LogP contribution in [0.1, 0.15) is 47.1 Å². The Kier molecular flexibility index (Phi) is 9.55. The molecule has 2 unspecified atom stereocenters. The van der Waals surface area contributed by atoms with Gasteiger partial charge in [0, 0.05) is 23.2 Å². The fraction of sp³-hybridized carbons (Fsp3) is 0.0833. The largest absolute Gasteiger partial charge is 0.299 e. The van der Waals surface area contributed by atoms with Crippen LogP contribution in [0.2, 0.25) is 0 Å². The van der Waals surface area contributed by atoms with Crippen molar-refractivity contribution in [1.82, 2.24) is 9.38 Å². The van der Waals surface area contributed by atoms with Crippen LogP contribution in [0, 0.1) is 5.92 Å². The Morgan fingerprint density at radius 2 is 1.23 bits per heavy atom. The van der Waals surface area contributed by atoms with Crippen LogP contribution in [0.5, 0.6) is 0 Å². The van der Waals surface area contributed by atoms with Gasteiger partial charge in [-0.15, -0.1) is 0 Å². The van der Waals surface area contributed by atoms with Crippen molar-refractivity contribution in [2.75, 3.05) is 0 Å². The summed E-state index contributed by atoms with van der Waals surface area (Å²) in [6.45, 7) is 7.10. The topological polar surface area (TPSA) is 17.3 Å². The average Bonchev–Trinajstić information content (AvgIpc) is 3.63. The number of benzene rings is 7. The normalized spacial score (nSPS) is 16.2. The SMILES string of the molecule is C=C1CC(c2cc(-c3cccc(-c4nc5ccccn5c4-c4ccccc4)c3)cc(-c3cc4c(c5ccccc35)CC(C)C=C4)c2)=CC(c2ccccc2)=CC1c1ccccc1. The number of nitrogens with zero attached hydrogens (tertiary/aromatic N) is 2. The Morgan fingerprint density at radius 3 is 2.03 bits per heavy atom.